The van der Waals surface area contributed by atoms with Crippen molar-refractivity contribution in [1.29, 1.82) is 0 Å². The Labute approximate surface area is 205 Å². The van der Waals surface area contributed by atoms with Gasteiger partial charge in [-0.1, -0.05) is 12.1 Å². The van der Waals surface area contributed by atoms with Crippen molar-refractivity contribution in [2.75, 3.05) is 11.9 Å². The van der Waals surface area contributed by atoms with E-state index in [1.807, 2.05) is 6.92 Å². The van der Waals surface area contributed by atoms with Crippen LogP contribution in [0.4, 0.5) is 14.5 Å². The van der Waals surface area contributed by atoms with Gasteiger partial charge in [-0.2, -0.15) is 0 Å². The van der Waals surface area contributed by atoms with Crippen LogP contribution in [0.1, 0.15) is 40.0 Å². The van der Waals surface area contributed by atoms with E-state index in [9.17, 15) is 18.4 Å². The maximum Gasteiger partial charge on any atom is 0.278 e. The van der Waals surface area contributed by atoms with E-state index in [-0.39, 0.29) is 28.6 Å². The number of ether oxygens (including phenoxy) is 1. The molecule has 0 saturated carbocycles. The Kier molecular flexibility index (Phi) is 7.28. The summed E-state index contributed by atoms with van der Waals surface area (Å²) in [6.45, 7) is 4.02. The summed E-state index contributed by atoms with van der Waals surface area (Å²) in [6.07, 6.45) is 2.19. The van der Waals surface area contributed by atoms with E-state index >= 15 is 0 Å². The van der Waals surface area contributed by atoms with Gasteiger partial charge in [0.1, 0.15) is 5.82 Å². The third-order valence-electron chi connectivity index (χ3n) is 5.11. The summed E-state index contributed by atoms with van der Waals surface area (Å²) >= 11 is 0. The summed E-state index contributed by atoms with van der Waals surface area (Å²) in [4.78, 5) is 29.1. The molecule has 2 amide bonds. The molecule has 11 heteroatoms. The fourth-order valence-corrected chi connectivity index (χ4v) is 3.30. The third kappa shape index (κ3) is 5.35. The van der Waals surface area contributed by atoms with Crippen molar-refractivity contribution in [3.63, 3.8) is 0 Å². The SMILES string of the molecule is CCCNC(=O)c1ncccc1Oc1ccc(NC(=O)c2nnn(-c3ccc(F)cc3)c2C)cc1F. The normalized spacial score (nSPS) is 10.7. The van der Waals surface area contributed by atoms with Gasteiger partial charge in [-0.15, -0.1) is 5.10 Å². The number of hydrogen-bond donors (Lipinski definition) is 2. The number of rotatable bonds is 8. The average molecular weight is 492 g/mol. The first kappa shape index (κ1) is 24.5. The predicted octanol–water partition coefficient (Wildman–Crippen LogP) is 4.43. The van der Waals surface area contributed by atoms with Gasteiger partial charge in [0.15, 0.2) is 28.7 Å². The number of anilines is 1. The lowest BCUT2D eigenvalue weighted by molar-refractivity contribution is 0.0945. The summed E-state index contributed by atoms with van der Waals surface area (Å²) in [5, 5.41) is 13.1. The van der Waals surface area contributed by atoms with Crippen molar-refractivity contribution < 1.29 is 23.1 Å². The Morgan fingerprint density at radius 2 is 1.78 bits per heavy atom. The van der Waals surface area contributed by atoms with E-state index in [1.165, 1.54) is 53.3 Å². The first-order valence-electron chi connectivity index (χ1n) is 11.1. The molecular formula is C25H22F2N6O3. The Morgan fingerprint density at radius 3 is 2.50 bits per heavy atom. The zero-order chi connectivity index (χ0) is 25.7. The van der Waals surface area contributed by atoms with Crippen LogP contribution in [0.2, 0.25) is 0 Å². The van der Waals surface area contributed by atoms with Gasteiger partial charge in [0, 0.05) is 24.5 Å². The predicted molar refractivity (Wildman–Crippen MR) is 127 cm³/mol. The quantitative estimate of drug-likeness (QED) is 0.376. The van der Waals surface area contributed by atoms with Gasteiger partial charge in [0.05, 0.1) is 11.4 Å². The molecule has 0 spiro atoms. The number of benzene rings is 2. The molecule has 36 heavy (non-hydrogen) atoms. The number of pyridine rings is 1. The molecule has 184 valence electrons. The van der Waals surface area contributed by atoms with Gasteiger partial charge >= 0.3 is 0 Å². The maximum atomic E-state index is 14.8. The number of hydrogen-bond acceptors (Lipinski definition) is 6. The minimum absolute atomic E-state index is 0.0261. The molecule has 0 bridgehead atoms. The van der Waals surface area contributed by atoms with Crippen LogP contribution in [-0.4, -0.2) is 38.3 Å². The standard InChI is InChI=1S/C25H22F2N6O3/c1-3-12-29-24(34)23-21(5-4-13-28-23)36-20-11-8-17(14-19(20)27)30-25(35)22-15(2)33(32-31-22)18-9-6-16(26)7-10-18/h4-11,13-14H,3,12H2,1-2H3,(H,29,34)(H,30,35). The summed E-state index contributed by atoms with van der Waals surface area (Å²) in [7, 11) is 0. The lowest BCUT2D eigenvalue weighted by Gasteiger charge is -2.12. The Morgan fingerprint density at radius 1 is 1.00 bits per heavy atom. The minimum atomic E-state index is -0.761. The van der Waals surface area contributed by atoms with Gasteiger partial charge in [-0.3, -0.25) is 9.59 Å². The van der Waals surface area contributed by atoms with Crippen molar-refractivity contribution in [3.05, 3.63) is 89.5 Å². The molecule has 2 aromatic carbocycles. The van der Waals surface area contributed by atoms with E-state index in [0.717, 1.165) is 12.5 Å². The maximum absolute atomic E-state index is 14.8. The first-order chi connectivity index (χ1) is 17.4. The van der Waals surface area contributed by atoms with E-state index in [4.69, 9.17) is 4.74 Å². The van der Waals surface area contributed by atoms with E-state index in [2.05, 4.69) is 25.9 Å². The highest BCUT2D eigenvalue weighted by molar-refractivity contribution is 6.03. The van der Waals surface area contributed by atoms with Gasteiger partial charge in [-0.05, 0) is 61.9 Å². The fraction of sp³-hybridized carbons (Fsp3) is 0.160. The molecule has 2 heterocycles. The van der Waals surface area contributed by atoms with Crippen LogP contribution in [0.3, 0.4) is 0 Å². The van der Waals surface area contributed by atoms with Gasteiger partial charge in [-0.25, -0.2) is 18.4 Å². The second-order valence-corrected chi connectivity index (χ2v) is 7.72. The molecule has 2 N–H and O–H groups in total. The summed E-state index contributed by atoms with van der Waals surface area (Å²) in [5.41, 5.74) is 1.17. The number of carbonyl (C=O) groups excluding carboxylic acids is 2. The number of carbonyl (C=O) groups is 2. The highest BCUT2D eigenvalue weighted by atomic mass is 19.1. The number of amides is 2. The average Bonchev–Trinajstić information content (AvgIpc) is 3.26. The van der Waals surface area contributed by atoms with Crippen LogP contribution in [0, 0.1) is 18.6 Å². The highest BCUT2D eigenvalue weighted by Crippen LogP contribution is 2.28. The molecule has 0 aliphatic heterocycles. The molecule has 0 aliphatic rings. The van der Waals surface area contributed by atoms with Crippen molar-refractivity contribution in [2.24, 2.45) is 0 Å². The molecule has 0 radical (unpaired) electrons. The van der Waals surface area contributed by atoms with Gasteiger partial charge in [0.2, 0.25) is 0 Å². The van der Waals surface area contributed by atoms with Crippen molar-refractivity contribution in [1.82, 2.24) is 25.3 Å². The zero-order valence-electron chi connectivity index (χ0n) is 19.5. The van der Waals surface area contributed by atoms with E-state index in [0.29, 0.717) is 17.9 Å². The molecule has 0 atom stereocenters. The largest absolute Gasteiger partial charge is 0.452 e. The van der Waals surface area contributed by atoms with Crippen LogP contribution in [-0.2, 0) is 0 Å². The van der Waals surface area contributed by atoms with Crippen LogP contribution < -0.4 is 15.4 Å². The number of nitrogens with zero attached hydrogens (tertiary/aromatic N) is 4. The topological polar surface area (TPSA) is 111 Å². The van der Waals surface area contributed by atoms with Crippen molar-refractivity contribution >= 4 is 17.5 Å². The summed E-state index contributed by atoms with van der Waals surface area (Å²) in [6, 6.07) is 12.5. The molecule has 4 rings (SSSR count). The van der Waals surface area contributed by atoms with Crippen LogP contribution >= 0.6 is 0 Å². The summed E-state index contributed by atoms with van der Waals surface area (Å²) < 4.78 is 35.0. The highest BCUT2D eigenvalue weighted by Gasteiger charge is 2.19. The number of aromatic nitrogens is 4. The van der Waals surface area contributed by atoms with Gasteiger partial charge < -0.3 is 15.4 Å². The number of nitrogens with one attached hydrogen (secondary N) is 2. The molecule has 0 saturated heterocycles. The number of halogens is 2. The summed E-state index contributed by atoms with van der Waals surface area (Å²) in [5.74, 6) is -2.25. The second kappa shape index (κ2) is 10.7. The van der Waals surface area contributed by atoms with Crippen LogP contribution in [0.5, 0.6) is 11.5 Å². The van der Waals surface area contributed by atoms with Gasteiger partial charge in [0.25, 0.3) is 11.8 Å². The van der Waals surface area contributed by atoms with Crippen LogP contribution in [0.15, 0.2) is 60.8 Å². The minimum Gasteiger partial charge on any atom is -0.452 e. The fourth-order valence-electron chi connectivity index (χ4n) is 3.30. The smallest absolute Gasteiger partial charge is 0.278 e. The Hall–Kier alpha value is -4.67. The Bertz CT molecular complexity index is 1410. The van der Waals surface area contributed by atoms with Crippen LogP contribution in [0.25, 0.3) is 5.69 Å². The van der Waals surface area contributed by atoms with Crippen molar-refractivity contribution in [2.45, 2.75) is 20.3 Å². The first-order valence-corrected chi connectivity index (χ1v) is 11.1. The lowest BCUT2D eigenvalue weighted by Crippen LogP contribution is -2.25. The molecule has 4 aromatic rings. The second-order valence-electron chi connectivity index (χ2n) is 7.72. The molecule has 0 fully saturated rings. The molecule has 9 nitrogen and oxygen atoms in total. The van der Waals surface area contributed by atoms with E-state index < -0.39 is 23.4 Å². The third-order valence-corrected chi connectivity index (χ3v) is 5.11. The molecular weight excluding hydrogens is 470 g/mol. The Balaban J connectivity index is 1.49. The molecule has 2 aromatic heterocycles. The van der Waals surface area contributed by atoms with Crippen molar-refractivity contribution in [3.8, 4) is 17.2 Å². The molecule has 0 unspecified atom stereocenters. The zero-order valence-corrected chi connectivity index (χ0v) is 19.5. The molecule has 0 aliphatic carbocycles. The lowest BCUT2D eigenvalue weighted by atomic mass is 10.2. The monoisotopic (exact) mass is 492 g/mol. The van der Waals surface area contributed by atoms with E-state index in [1.54, 1.807) is 13.0 Å².